The Hall–Kier alpha value is -1.72. The number of benzene rings is 2. The molecule has 0 bridgehead atoms. The molecule has 0 radical (unpaired) electrons. The molecule has 1 amide bonds. The summed E-state index contributed by atoms with van der Waals surface area (Å²) in [5.74, 6) is -0.668. The van der Waals surface area contributed by atoms with Gasteiger partial charge in [0, 0.05) is 18.2 Å². The molecule has 20 heavy (non-hydrogen) atoms. The Morgan fingerprint density at radius 1 is 1.25 bits per heavy atom. The van der Waals surface area contributed by atoms with Crippen molar-refractivity contribution >= 4 is 27.5 Å². The Kier molecular flexibility index (Phi) is 4.87. The van der Waals surface area contributed by atoms with Crippen LogP contribution in [0.3, 0.4) is 0 Å². The number of hydrogen-bond acceptors (Lipinski definition) is 2. The molecule has 2 rings (SSSR count). The third-order valence-corrected chi connectivity index (χ3v) is 3.48. The van der Waals surface area contributed by atoms with Gasteiger partial charge in [-0.15, -0.1) is 0 Å². The molecule has 5 heteroatoms. The van der Waals surface area contributed by atoms with E-state index in [2.05, 4.69) is 21.2 Å². The molecule has 2 aromatic carbocycles. The van der Waals surface area contributed by atoms with E-state index in [9.17, 15) is 9.18 Å². The SMILES string of the molecule is NC(CC(=O)Nc1ccc(Br)c(F)c1)c1ccccc1. The fourth-order valence-corrected chi connectivity index (χ4v) is 2.05. The molecule has 0 aliphatic heterocycles. The van der Waals surface area contributed by atoms with Crippen molar-refractivity contribution in [3.05, 3.63) is 64.4 Å². The lowest BCUT2D eigenvalue weighted by molar-refractivity contribution is -0.116. The molecule has 0 aliphatic carbocycles. The van der Waals surface area contributed by atoms with Crippen LogP contribution in [0.4, 0.5) is 10.1 Å². The third-order valence-electron chi connectivity index (χ3n) is 2.84. The summed E-state index contributed by atoms with van der Waals surface area (Å²) < 4.78 is 13.7. The number of hydrogen-bond donors (Lipinski definition) is 2. The minimum absolute atomic E-state index is 0.141. The van der Waals surface area contributed by atoms with Gasteiger partial charge in [-0.1, -0.05) is 30.3 Å². The zero-order chi connectivity index (χ0) is 14.5. The van der Waals surface area contributed by atoms with Crippen LogP contribution >= 0.6 is 15.9 Å². The first-order valence-electron chi connectivity index (χ1n) is 6.11. The summed E-state index contributed by atoms with van der Waals surface area (Å²) in [7, 11) is 0. The van der Waals surface area contributed by atoms with Crippen molar-refractivity contribution in [1.29, 1.82) is 0 Å². The van der Waals surface area contributed by atoms with E-state index in [1.165, 1.54) is 6.07 Å². The van der Waals surface area contributed by atoms with E-state index in [1.807, 2.05) is 30.3 Å². The van der Waals surface area contributed by atoms with Crippen LogP contribution in [0.25, 0.3) is 0 Å². The van der Waals surface area contributed by atoms with Crippen LogP contribution in [-0.4, -0.2) is 5.91 Å². The van der Waals surface area contributed by atoms with E-state index in [0.717, 1.165) is 5.56 Å². The van der Waals surface area contributed by atoms with Gasteiger partial charge < -0.3 is 11.1 Å². The van der Waals surface area contributed by atoms with Gasteiger partial charge in [0.1, 0.15) is 5.82 Å². The Morgan fingerprint density at radius 3 is 2.60 bits per heavy atom. The van der Waals surface area contributed by atoms with Crippen LogP contribution in [0.5, 0.6) is 0 Å². The highest BCUT2D eigenvalue weighted by molar-refractivity contribution is 9.10. The second-order valence-corrected chi connectivity index (χ2v) is 5.25. The van der Waals surface area contributed by atoms with Crippen LogP contribution in [-0.2, 0) is 4.79 Å². The monoisotopic (exact) mass is 336 g/mol. The van der Waals surface area contributed by atoms with Crippen molar-refractivity contribution in [2.75, 3.05) is 5.32 Å². The minimum atomic E-state index is -0.421. The van der Waals surface area contributed by atoms with E-state index in [-0.39, 0.29) is 18.4 Å². The summed E-state index contributed by atoms with van der Waals surface area (Å²) >= 11 is 3.06. The quantitative estimate of drug-likeness (QED) is 0.895. The molecule has 104 valence electrons. The van der Waals surface area contributed by atoms with Gasteiger partial charge in [0.2, 0.25) is 5.91 Å². The summed E-state index contributed by atoms with van der Waals surface area (Å²) in [4.78, 5) is 11.9. The molecule has 0 aromatic heterocycles. The molecule has 0 spiro atoms. The van der Waals surface area contributed by atoms with Crippen LogP contribution in [0.2, 0.25) is 0 Å². The van der Waals surface area contributed by atoms with Crippen LogP contribution < -0.4 is 11.1 Å². The highest BCUT2D eigenvalue weighted by atomic mass is 79.9. The summed E-state index contributed by atoms with van der Waals surface area (Å²) in [6.45, 7) is 0. The standard InChI is InChI=1S/C15H14BrFN2O/c16-12-7-6-11(8-13(12)17)19-15(20)9-14(18)10-4-2-1-3-5-10/h1-8,14H,9,18H2,(H,19,20). The van der Waals surface area contributed by atoms with Gasteiger partial charge in [-0.25, -0.2) is 4.39 Å². The van der Waals surface area contributed by atoms with Crippen LogP contribution in [0.15, 0.2) is 53.0 Å². The molecule has 0 saturated heterocycles. The van der Waals surface area contributed by atoms with Crippen LogP contribution in [0.1, 0.15) is 18.0 Å². The second kappa shape index (κ2) is 6.63. The predicted molar refractivity (Wildman–Crippen MR) is 80.7 cm³/mol. The number of anilines is 1. The molecule has 3 nitrogen and oxygen atoms in total. The summed E-state index contributed by atoms with van der Waals surface area (Å²) in [6, 6.07) is 13.4. The van der Waals surface area contributed by atoms with E-state index in [1.54, 1.807) is 12.1 Å². The molecule has 0 fully saturated rings. The van der Waals surface area contributed by atoms with Crippen molar-refractivity contribution in [2.24, 2.45) is 5.73 Å². The maximum atomic E-state index is 13.3. The number of carbonyl (C=O) groups is 1. The molecular weight excluding hydrogens is 323 g/mol. The number of nitrogens with one attached hydrogen (secondary N) is 1. The molecule has 3 N–H and O–H groups in total. The fourth-order valence-electron chi connectivity index (χ4n) is 1.80. The van der Waals surface area contributed by atoms with E-state index in [4.69, 9.17) is 5.73 Å². The average Bonchev–Trinajstić information content (AvgIpc) is 2.44. The first-order valence-corrected chi connectivity index (χ1v) is 6.91. The van der Waals surface area contributed by atoms with Gasteiger partial charge in [0.25, 0.3) is 0 Å². The largest absolute Gasteiger partial charge is 0.326 e. The maximum absolute atomic E-state index is 13.3. The van der Waals surface area contributed by atoms with Crippen molar-refractivity contribution in [2.45, 2.75) is 12.5 Å². The number of rotatable bonds is 4. The normalized spacial score (nSPS) is 11.9. The van der Waals surface area contributed by atoms with Crippen molar-refractivity contribution in [3.8, 4) is 0 Å². The summed E-state index contributed by atoms with van der Waals surface area (Å²) in [6.07, 6.45) is 0.141. The summed E-state index contributed by atoms with van der Waals surface area (Å²) in [5.41, 5.74) is 7.27. The van der Waals surface area contributed by atoms with Crippen molar-refractivity contribution in [3.63, 3.8) is 0 Å². The lowest BCUT2D eigenvalue weighted by Gasteiger charge is -2.12. The Balaban J connectivity index is 1.97. The van der Waals surface area contributed by atoms with Crippen molar-refractivity contribution in [1.82, 2.24) is 0 Å². The molecule has 2 aromatic rings. The first-order chi connectivity index (χ1) is 9.56. The number of nitrogens with two attached hydrogens (primary N) is 1. The zero-order valence-corrected chi connectivity index (χ0v) is 12.2. The molecule has 1 atom stereocenters. The molecule has 0 heterocycles. The molecule has 1 unspecified atom stereocenters. The van der Waals surface area contributed by atoms with Gasteiger partial charge >= 0.3 is 0 Å². The van der Waals surface area contributed by atoms with E-state index < -0.39 is 5.82 Å². The second-order valence-electron chi connectivity index (χ2n) is 4.40. The molecular formula is C15H14BrFN2O. The highest BCUT2D eigenvalue weighted by Crippen LogP contribution is 2.20. The van der Waals surface area contributed by atoms with Gasteiger partial charge in [0.15, 0.2) is 0 Å². The van der Waals surface area contributed by atoms with E-state index in [0.29, 0.717) is 10.2 Å². The lowest BCUT2D eigenvalue weighted by Crippen LogP contribution is -2.20. The lowest BCUT2D eigenvalue weighted by atomic mass is 10.0. The van der Waals surface area contributed by atoms with Gasteiger partial charge in [-0.05, 0) is 39.7 Å². The topological polar surface area (TPSA) is 55.1 Å². The number of amides is 1. The Morgan fingerprint density at radius 2 is 1.95 bits per heavy atom. The highest BCUT2D eigenvalue weighted by Gasteiger charge is 2.12. The Bertz CT molecular complexity index is 604. The smallest absolute Gasteiger partial charge is 0.226 e. The van der Waals surface area contributed by atoms with Gasteiger partial charge in [-0.2, -0.15) is 0 Å². The first kappa shape index (κ1) is 14.7. The summed E-state index contributed by atoms with van der Waals surface area (Å²) in [5, 5.41) is 2.63. The average molecular weight is 337 g/mol. The minimum Gasteiger partial charge on any atom is -0.326 e. The van der Waals surface area contributed by atoms with Gasteiger partial charge in [0.05, 0.1) is 4.47 Å². The Labute approximate surface area is 125 Å². The fraction of sp³-hybridized carbons (Fsp3) is 0.133. The van der Waals surface area contributed by atoms with E-state index >= 15 is 0 Å². The zero-order valence-electron chi connectivity index (χ0n) is 10.6. The number of halogens is 2. The van der Waals surface area contributed by atoms with Crippen molar-refractivity contribution < 1.29 is 9.18 Å². The van der Waals surface area contributed by atoms with Gasteiger partial charge in [-0.3, -0.25) is 4.79 Å². The van der Waals surface area contributed by atoms with Crippen LogP contribution in [0, 0.1) is 5.82 Å². The molecule has 0 saturated carbocycles. The third kappa shape index (κ3) is 3.88. The number of carbonyl (C=O) groups excluding carboxylic acids is 1. The molecule has 0 aliphatic rings. The maximum Gasteiger partial charge on any atom is 0.226 e. The predicted octanol–water partition coefficient (Wildman–Crippen LogP) is 3.62.